The molecule has 0 saturated carbocycles. The van der Waals surface area contributed by atoms with Gasteiger partial charge in [-0.3, -0.25) is 4.79 Å². The van der Waals surface area contributed by atoms with Crippen molar-refractivity contribution in [3.8, 4) is 0 Å². The van der Waals surface area contributed by atoms with Crippen LogP contribution in [-0.2, 0) is 4.79 Å². The topological polar surface area (TPSA) is 20.3 Å². The SMILES string of the molecule is CCCCCCC1C=CC(=O)N1c1ccccc1. The molecule has 1 unspecified atom stereocenters. The summed E-state index contributed by atoms with van der Waals surface area (Å²) in [5, 5.41) is 0. The summed E-state index contributed by atoms with van der Waals surface area (Å²) in [4.78, 5) is 13.8. The molecule has 0 bridgehead atoms. The summed E-state index contributed by atoms with van der Waals surface area (Å²) in [6.07, 6.45) is 9.81. The Morgan fingerprint density at radius 2 is 1.89 bits per heavy atom. The number of nitrogens with zero attached hydrogens (tertiary/aromatic N) is 1. The van der Waals surface area contributed by atoms with Gasteiger partial charge in [0.25, 0.3) is 5.91 Å². The van der Waals surface area contributed by atoms with Gasteiger partial charge in [0.15, 0.2) is 0 Å². The molecule has 0 spiro atoms. The van der Waals surface area contributed by atoms with E-state index in [0.29, 0.717) is 0 Å². The lowest BCUT2D eigenvalue weighted by Crippen LogP contribution is -2.33. The molecule has 2 heteroatoms. The van der Waals surface area contributed by atoms with E-state index in [4.69, 9.17) is 0 Å². The molecule has 18 heavy (non-hydrogen) atoms. The van der Waals surface area contributed by atoms with Crippen LogP contribution < -0.4 is 4.90 Å². The van der Waals surface area contributed by atoms with Crippen LogP contribution in [0.25, 0.3) is 0 Å². The molecule has 0 saturated heterocycles. The van der Waals surface area contributed by atoms with Gasteiger partial charge in [-0.15, -0.1) is 0 Å². The standard InChI is InChI=1S/C16H21NO/c1-2-3-4-6-11-15-12-13-16(18)17(15)14-9-7-5-8-10-14/h5,7-10,12-13,15H,2-4,6,11H2,1H3. The van der Waals surface area contributed by atoms with E-state index < -0.39 is 0 Å². The molecule has 0 radical (unpaired) electrons. The first-order valence-corrected chi connectivity index (χ1v) is 6.89. The van der Waals surface area contributed by atoms with E-state index in [2.05, 4.69) is 6.92 Å². The molecule has 1 aliphatic heterocycles. The quantitative estimate of drug-likeness (QED) is 0.693. The minimum Gasteiger partial charge on any atom is -0.302 e. The number of unbranched alkanes of at least 4 members (excludes halogenated alkanes) is 3. The number of para-hydroxylation sites is 1. The number of carbonyl (C=O) groups is 1. The first kappa shape index (κ1) is 12.9. The van der Waals surface area contributed by atoms with Gasteiger partial charge in [0.2, 0.25) is 0 Å². The third kappa shape index (κ3) is 3.00. The Morgan fingerprint density at radius 1 is 1.11 bits per heavy atom. The monoisotopic (exact) mass is 243 g/mol. The van der Waals surface area contributed by atoms with E-state index in [9.17, 15) is 4.79 Å². The van der Waals surface area contributed by atoms with Crippen LogP contribution in [0.2, 0.25) is 0 Å². The molecule has 0 aliphatic carbocycles. The van der Waals surface area contributed by atoms with Crippen molar-refractivity contribution in [2.45, 2.75) is 45.1 Å². The third-order valence-corrected chi connectivity index (χ3v) is 3.42. The predicted molar refractivity (Wildman–Crippen MR) is 75.6 cm³/mol. The minimum atomic E-state index is 0.113. The molecule has 0 fully saturated rings. The molecular formula is C16H21NO. The maximum atomic E-state index is 11.9. The van der Waals surface area contributed by atoms with Crippen LogP contribution in [0.4, 0.5) is 5.69 Å². The molecule has 1 aromatic rings. The largest absolute Gasteiger partial charge is 0.302 e. The number of rotatable bonds is 6. The van der Waals surface area contributed by atoms with Crippen molar-refractivity contribution in [1.82, 2.24) is 0 Å². The van der Waals surface area contributed by atoms with Gasteiger partial charge in [-0.1, -0.05) is 56.9 Å². The summed E-state index contributed by atoms with van der Waals surface area (Å²) in [5.41, 5.74) is 1.01. The Labute approximate surface area is 109 Å². The van der Waals surface area contributed by atoms with Gasteiger partial charge in [0.1, 0.15) is 0 Å². The number of anilines is 1. The van der Waals surface area contributed by atoms with Crippen LogP contribution in [0.15, 0.2) is 42.5 Å². The van der Waals surface area contributed by atoms with E-state index in [1.54, 1.807) is 6.08 Å². The normalized spacial score (nSPS) is 18.6. The molecule has 1 aliphatic rings. The van der Waals surface area contributed by atoms with Crippen LogP contribution in [0.3, 0.4) is 0 Å². The highest BCUT2D eigenvalue weighted by Crippen LogP contribution is 2.25. The Balaban J connectivity index is 1.97. The zero-order valence-corrected chi connectivity index (χ0v) is 11.0. The minimum absolute atomic E-state index is 0.113. The number of benzene rings is 1. The van der Waals surface area contributed by atoms with Crippen molar-refractivity contribution < 1.29 is 4.79 Å². The fourth-order valence-corrected chi connectivity index (χ4v) is 2.44. The van der Waals surface area contributed by atoms with Gasteiger partial charge in [-0.2, -0.15) is 0 Å². The van der Waals surface area contributed by atoms with E-state index in [1.807, 2.05) is 41.3 Å². The Bertz CT molecular complexity index is 410. The van der Waals surface area contributed by atoms with Crippen LogP contribution in [-0.4, -0.2) is 11.9 Å². The highest BCUT2D eigenvalue weighted by molar-refractivity contribution is 6.04. The second-order valence-corrected chi connectivity index (χ2v) is 4.82. The summed E-state index contributed by atoms with van der Waals surface area (Å²) < 4.78 is 0. The van der Waals surface area contributed by atoms with Gasteiger partial charge >= 0.3 is 0 Å². The molecule has 2 rings (SSSR count). The molecular weight excluding hydrogens is 222 g/mol. The van der Waals surface area contributed by atoms with Gasteiger partial charge in [0.05, 0.1) is 6.04 Å². The highest BCUT2D eigenvalue weighted by Gasteiger charge is 2.26. The molecule has 0 aromatic heterocycles. The lowest BCUT2D eigenvalue weighted by atomic mass is 10.1. The second kappa shape index (κ2) is 6.39. The fraction of sp³-hybridized carbons (Fsp3) is 0.438. The van der Waals surface area contributed by atoms with Crippen LogP contribution in [0.5, 0.6) is 0 Å². The second-order valence-electron chi connectivity index (χ2n) is 4.82. The summed E-state index contributed by atoms with van der Waals surface area (Å²) in [5.74, 6) is 0.113. The Kier molecular flexibility index (Phi) is 4.57. The predicted octanol–water partition coefficient (Wildman–Crippen LogP) is 3.93. The van der Waals surface area contributed by atoms with Crippen molar-refractivity contribution >= 4 is 11.6 Å². The van der Waals surface area contributed by atoms with Gasteiger partial charge < -0.3 is 4.90 Å². The summed E-state index contributed by atoms with van der Waals surface area (Å²) in [7, 11) is 0. The van der Waals surface area contributed by atoms with E-state index in [0.717, 1.165) is 12.1 Å². The Morgan fingerprint density at radius 3 is 2.61 bits per heavy atom. The van der Waals surface area contributed by atoms with Crippen molar-refractivity contribution in [3.63, 3.8) is 0 Å². The van der Waals surface area contributed by atoms with E-state index in [-0.39, 0.29) is 11.9 Å². The molecule has 1 aromatic carbocycles. The van der Waals surface area contributed by atoms with Crippen molar-refractivity contribution in [2.24, 2.45) is 0 Å². The maximum absolute atomic E-state index is 11.9. The number of hydrogen-bond acceptors (Lipinski definition) is 1. The highest BCUT2D eigenvalue weighted by atomic mass is 16.2. The number of hydrogen-bond donors (Lipinski definition) is 0. The molecule has 1 amide bonds. The Hall–Kier alpha value is -1.57. The van der Waals surface area contributed by atoms with E-state index >= 15 is 0 Å². The van der Waals surface area contributed by atoms with Gasteiger partial charge in [-0.05, 0) is 18.6 Å². The van der Waals surface area contributed by atoms with Gasteiger partial charge in [-0.25, -0.2) is 0 Å². The fourth-order valence-electron chi connectivity index (χ4n) is 2.44. The first-order chi connectivity index (χ1) is 8.83. The maximum Gasteiger partial charge on any atom is 0.251 e. The van der Waals surface area contributed by atoms with Crippen LogP contribution >= 0.6 is 0 Å². The lowest BCUT2D eigenvalue weighted by molar-refractivity contribution is -0.113. The summed E-state index contributed by atoms with van der Waals surface area (Å²) >= 11 is 0. The molecule has 1 heterocycles. The smallest absolute Gasteiger partial charge is 0.251 e. The average molecular weight is 243 g/mol. The molecule has 0 N–H and O–H groups in total. The summed E-state index contributed by atoms with van der Waals surface area (Å²) in [6, 6.07) is 10.2. The third-order valence-electron chi connectivity index (χ3n) is 3.42. The van der Waals surface area contributed by atoms with Crippen molar-refractivity contribution in [3.05, 3.63) is 42.5 Å². The van der Waals surface area contributed by atoms with Crippen molar-refractivity contribution in [2.75, 3.05) is 4.90 Å². The molecule has 2 nitrogen and oxygen atoms in total. The zero-order chi connectivity index (χ0) is 12.8. The average Bonchev–Trinajstić information content (AvgIpc) is 2.77. The number of carbonyl (C=O) groups excluding carboxylic acids is 1. The first-order valence-electron chi connectivity index (χ1n) is 6.89. The van der Waals surface area contributed by atoms with E-state index in [1.165, 1.54) is 25.7 Å². The molecule has 1 atom stereocenters. The lowest BCUT2D eigenvalue weighted by Gasteiger charge is -2.24. The van der Waals surface area contributed by atoms with Crippen LogP contribution in [0.1, 0.15) is 39.0 Å². The van der Waals surface area contributed by atoms with Crippen molar-refractivity contribution in [1.29, 1.82) is 0 Å². The summed E-state index contributed by atoms with van der Waals surface area (Å²) in [6.45, 7) is 2.22. The van der Waals surface area contributed by atoms with Gasteiger partial charge in [0, 0.05) is 11.8 Å². The van der Waals surface area contributed by atoms with Crippen LogP contribution in [0, 0.1) is 0 Å². The molecule has 96 valence electrons. The zero-order valence-electron chi connectivity index (χ0n) is 11.0. The number of amides is 1.